The van der Waals surface area contributed by atoms with Gasteiger partial charge in [-0.25, -0.2) is 9.37 Å². The monoisotopic (exact) mass is 558 g/mol. The van der Waals surface area contributed by atoms with Gasteiger partial charge in [-0.15, -0.1) is 0 Å². The van der Waals surface area contributed by atoms with Crippen LogP contribution in [0, 0.1) is 12.7 Å². The van der Waals surface area contributed by atoms with Crippen LogP contribution < -0.4 is 20.3 Å². The number of rotatable bonds is 8. The number of halogens is 2. The van der Waals surface area contributed by atoms with E-state index in [0.29, 0.717) is 34.1 Å². The fraction of sp³-hybridized carbons (Fsp3) is 0.385. The van der Waals surface area contributed by atoms with Crippen LogP contribution >= 0.6 is 15.9 Å². The summed E-state index contributed by atoms with van der Waals surface area (Å²) >= 11 is 3.47. The second-order valence-electron chi connectivity index (χ2n) is 9.12. The Morgan fingerprint density at radius 2 is 1.89 bits per heavy atom. The van der Waals surface area contributed by atoms with Crippen molar-refractivity contribution >= 4 is 44.8 Å². The molecule has 192 valence electrons. The van der Waals surface area contributed by atoms with E-state index in [1.165, 1.54) is 12.1 Å². The van der Waals surface area contributed by atoms with E-state index in [9.17, 15) is 9.50 Å². The van der Waals surface area contributed by atoms with Crippen LogP contribution in [0.4, 0.5) is 33.2 Å². The van der Waals surface area contributed by atoms with E-state index in [1.54, 1.807) is 26.3 Å². The molecule has 0 bridgehead atoms. The number of likely N-dealkylation sites (N-methyl/N-ethyl adjacent to an activating group) is 1. The number of ether oxygens (including phenoxy) is 1. The average Bonchev–Trinajstić information content (AvgIpc) is 2.83. The van der Waals surface area contributed by atoms with E-state index in [2.05, 4.69) is 66.4 Å². The molecule has 3 N–H and O–H groups in total. The first-order chi connectivity index (χ1) is 17.2. The van der Waals surface area contributed by atoms with E-state index in [-0.39, 0.29) is 5.82 Å². The number of hydrogen-bond acceptors (Lipinski definition) is 8. The second kappa shape index (κ2) is 11.4. The van der Waals surface area contributed by atoms with Gasteiger partial charge in [-0.05, 0) is 66.2 Å². The lowest BCUT2D eigenvalue weighted by Crippen LogP contribution is -2.44. The number of aliphatic hydroxyl groups is 1. The normalized spacial score (nSPS) is 15.0. The molecule has 0 aliphatic carbocycles. The van der Waals surface area contributed by atoms with Gasteiger partial charge < -0.3 is 30.3 Å². The summed E-state index contributed by atoms with van der Waals surface area (Å²) in [6.45, 7) is 7.76. The van der Waals surface area contributed by atoms with Crippen LogP contribution in [0.25, 0.3) is 0 Å². The van der Waals surface area contributed by atoms with Crippen molar-refractivity contribution in [2.75, 3.05) is 55.9 Å². The summed E-state index contributed by atoms with van der Waals surface area (Å²) in [6, 6.07) is 8.52. The molecule has 1 aliphatic heterocycles. The first-order valence-corrected chi connectivity index (χ1v) is 12.7. The van der Waals surface area contributed by atoms with Crippen LogP contribution in [-0.2, 0) is 6.42 Å². The maximum atomic E-state index is 14.0. The van der Waals surface area contributed by atoms with Gasteiger partial charge in [0, 0.05) is 56.2 Å². The lowest BCUT2D eigenvalue weighted by Gasteiger charge is -2.35. The Bertz CT molecular complexity index is 1220. The molecule has 8 nitrogen and oxygen atoms in total. The standard InChI is InChI=1S/C26H32BrFN6O2/c1-16-11-22(24(36-4)14-23(16)34-9-7-33(3)8-10-34)31-26-29-15-20(27)25(32-26)30-21-13-19(28)6-5-18(21)12-17(2)35/h5-6,11,13-15,17,35H,7-10,12H2,1-4H3,(H2,29,30,31,32). The van der Waals surface area contributed by atoms with Crippen LogP contribution in [-0.4, -0.2) is 66.4 Å². The van der Waals surface area contributed by atoms with Crippen LogP contribution in [0.5, 0.6) is 5.75 Å². The molecule has 0 saturated carbocycles. The van der Waals surface area contributed by atoms with Crippen molar-refractivity contribution in [2.45, 2.75) is 26.4 Å². The zero-order valence-electron chi connectivity index (χ0n) is 21.0. The molecule has 1 saturated heterocycles. The summed E-state index contributed by atoms with van der Waals surface area (Å²) in [5, 5.41) is 16.3. The Balaban J connectivity index is 1.59. The summed E-state index contributed by atoms with van der Waals surface area (Å²) < 4.78 is 20.3. The highest BCUT2D eigenvalue weighted by Crippen LogP contribution is 2.36. The van der Waals surface area contributed by atoms with Crippen LogP contribution in [0.1, 0.15) is 18.1 Å². The molecule has 3 aromatic rings. The number of benzene rings is 2. The van der Waals surface area contributed by atoms with Gasteiger partial charge in [0.15, 0.2) is 0 Å². The van der Waals surface area contributed by atoms with Crippen LogP contribution in [0.2, 0.25) is 0 Å². The smallest absolute Gasteiger partial charge is 0.229 e. The quantitative estimate of drug-likeness (QED) is 0.361. The molecule has 0 radical (unpaired) electrons. The number of aromatic nitrogens is 2. The number of nitrogens with one attached hydrogen (secondary N) is 2. The molecular formula is C26H32BrFN6O2. The fourth-order valence-corrected chi connectivity index (χ4v) is 4.55. The molecular weight excluding hydrogens is 527 g/mol. The summed E-state index contributed by atoms with van der Waals surface area (Å²) in [6.07, 6.45) is 1.45. The first kappa shape index (κ1) is 26.1. The number of aliphatic hydroxyl groups excluding tert-OH is 1. The summed E-state index contributed by atoms with van der Waals surface area (Å²) in [4.78, 5) is 13.7. The third-order valence-electron chi connectivity index (χ3n) is 6.19. The van der Waals surface area contributed by atoms with E-state index in [0.717, 1.165) is 48.7 Å². The molecule has 1 unspecified atom stereocenters. The lowest BCUT2D eigenvalue weighted by molar-refractivity contribution is 0.195. The van der Waals surface area contributed by atoms with E-state index in [4.69, 9.17) is 4.74 Å². The van der Waals surface area contributed by atoms with Gasteiger partial charge in [0.2, 0.25) is 5.95 Å². The number of anilines is 5. The second-order valence-corrected chi connectivity index (χ2v) is 9.98. The molecule has 1 aromatic heterocycles. The topological polar surface area (TPSA) is 85.8 Å². The van der Waals surface area contributed by atoms with Crippen molar-refractivity contribution in [1.29, 1.82) is 0 Å². The number of methoxy groups -OCH3 is 1. The number of piperazine rings is 1. The average molecular weight is 559 g/mol. The van der Waals surface area contributed by atoms with Gasteiger partial charge in [-0.2, -0.15) is 4.98 Å². The molecule has 1 fully saturated rings. The van der Waals surface area contributed by atoms with Gasteiger partial charge in [0.1, 0.15) is 17.4 Å². The Kier molecular flexibility index (Phi) is 8.28. The summed E-state index contributed by atoms with van der Waals surface area (Å²) in [5.74, 6) is 1.14. The molecule has 0 spiro atoms. The molecule has 10 heteroatoms. The SMILES string of the molecule is COc1cc(N2CCN(C)CC2)c(C)cc1Nc1ncc(Br)c(Nc2cc(F)ccc2CC(C)O)n1. The van der Waals surface area contributed by atoms with Gasteiger partial charge in [0.05, 0.1) is 23.4 Å². The van der Waals surface area contributed by atoms with Crippen molar-refractivity contribution in [3.63, 3.8) is 0 Å². The van der Waals surface area contributed by atoms with Gasteiger partial charge in [-0.3, -0.25) is 0 Å². The van der Waals surface area contributed by atoms with Gasteiger partial charge in [0.25, 0.3) is 0 Å². The Morgan fingerprint density at radius 3 is 2.58 bits per heavy atom. The highest BCUT2D eigenvalue weighted by molar-refractivity contribution is 9.10. The summed E-state index contributed by atoms with van der Waals surface area (Å²) in [5.41, 5.74) is 4.35. The minimum absolute atomic E-state index is 0.360. The van der Waals surface area contributed by atoms with E-state index < -0.39 is 6.10 Å². The molecule has 2 aromatic carbocycles. The van der Waals surface area contributed by atoms with Crippen molar-refractivity contribution in [3.05, 3.63) is 57.9 Å². The Labute approximate surface area is 219 Å². The molecule has 1 atom stereocenters. The minimum Gasteiger partial charge on any atom is -0.494 e. The predicted octanol–water partition coefficient (Wildman–Crippen LogP) is 4.86. The van der Waals surface area contributed by atoms with Crippen LogP contribution in [0.15, 0.2) is 41.0 Å². The molecule has 0 amide bonds. The first-order valence-electron chi connectivity index (χ1n) is 11.9. The third kappa shape index (κ3) is 6.24. The zero-order chi connectivity index (χ0) is 25.8. The van der Waals surface area contributed by atoms with E-state index >= 15 is 0 Å². The van der Waals surface area contributed by atoms with Gasteiger partial charge >= 0.3 is 0 Å². The summed E-state index contributed by atoms with van der Waals surface area (Å²) in [7, 11) is 3.79. The highest BCUT2D eigenvalue weighted by Gasteiger charge is 2.19. The number of hydrogen-bond donors (Lipinski definition) is 3. The predicted molar refractivity (Wildman–Crippen MR) is 146 cm³/mol. The number of nitrogens with zero attached hydrogens (tertiary/aromatic N) is 4. The largest absolute Gasteiger partial charge is 0.494 e. The van der Waals surface area contributed by atoms with E-state index in [1.807, 2.05) is 6.07 Å². The molecule has 2 heterocycles. The molecule has 36 heavy (non-hydrogen) atoms. The lowest BCUT2D eigenvalue weighted by atomic mass is 10.1. The third-order valence-corrected chi connectivity index (χ3v) is 6.77. The van der Waals surface area contributed by atoms with Crippen molar-refractivity contribution < 1.29 is 14.2 Å². The maximum absolute atomic E-state index is 14.0. The van der Waals surface area contributed by atoms with Crippen molar-refractivity contribution in [2.24, 2.45) is 0 Å². The molecule has 1 aliphatic rings. The van der Waals surface area contributed by atoms with Crippen LogP contribution in [0.3, 0.4) is 0 Å². The maximum Gasteiger partial charge on any atom is 0.229 e. The fourth-order valence-electron chi connectivity index (χ4n) is 4.26. The number of aryl methyl sites for hydroxylation is 1. The Morgan fingerprint density at radius 1 is 1.14 bits per heavy atom. The van der Waals surface area contributed by atoms with Gasteiger partial charge in [-0.1, -0.05) is 6.07 Å². The van der Waals surface area contributed by atoms with Crippen molar-refractivity contribution in [1.82, 2.24) is 14.9 Å². The minimum atomic E-state index is -0.563. The zero-order valence-corrected chi connectivity index (χ0v) is 22.6. The Hall–Kier alpha value is -2.95. The van der Waals surface area contributed by atoms with Crippen molar-refractivity contribution in [3.8, 4) is 5.75 Å². The molecule has 4 rings (SSSR count). The highest BCUT2D eigenvalue weighted by atomic mass is 79.9.